The highest BCUT2D eigenvalue weighted by Gasteiger charge is 2.23. The summed E-state index contributed by atoms with van der Waals surface area (Å²) in [6.45, 7) is 4.00. The third-order valence-electron chi connectivity index (χ3n) is 4.11. The molecule has 6 heteroatoms. The van der Waals surface area contributed by atoms with Crippen LogP contribution in [-0.4, -0.2) is 59.1 Å². The number of aromatic amines is 1. The second-order valence-corrected chi connectivity index (χ2v) is 5.99. The van der Waals surface area contributed by atoms with Crippen molar-refractivity contribution in [2.24, 2.45) is 0 Å². The summed E-state index contributed by atoms with van der Waals surface area (Å²) in [7, 11) is 4.29. The van der Waals surface area contributed by atoms with Crippen molar-refractivity contribution in [3.63, 3.8) is 0 Å². The molecule has 1 aromatic carbocycles. The number of nitrogens with one attached hydrogen (secondary N) is 1. The van der Waals surface area contributed by atoms with Gasteiger partial charge in [-0.1, -0.05) is 0 Å². The molecule has 0 saturated carbocycles. The molecule has 1 fully saturated rings. The summed E-state index contributed by atoms with van der Waals surface area (Å²) >= 11 is 5.39. The zero-order valence-electron chi connectivity index (χ0n) is 11.8. The minimum atomic E-state index is -0.240. The summed E-state index contributed by atoms with van der Waals surface area (Å²) < 4.78 is 16.0. The first-order chi connectivity index (χ1) is 9.54. The Kier molecular flexibility index (Phi) is 3.62. The molecule has 0 bridgehead atoms. The van der Waals surface area contributed by atoms with Gasteiger partial charge < -0.3 is 14.5 Å². The van der Waals surface area contributed by atoms with Crippen LogP contribution in [0.2, 0.25) is 0 Å². The van der Waals surface area contributed by atoms with Crippen molar-refractivity contribution in [1.29, 1.82) is 0 Å². The maximum Gasteiger partial charge on any atom is 0.178 e. The zero-order valence-corrected chi connectivity index (χ0v) is 12.6. The first-order valence-corrected chi connectivity index (χ1v) is 7.22. The Hall–Kier alpha value is -1.24. The molecular formula is C14H19FN4S. The van der Waals surface area contributed by atoms with Crippen molar-refractivity contribution in [2.45, 2.75) is 12.6 Å². The first-order valence-electron chi connectivity index (χ1n) is 6.81. The lowest BCUT2D eigenvalue weighted by Crippen LogP contribution is -2.51. The third kappa shape index (κ3) is 2.51. The number of benzene rings is 1. The fourth-order valence-corrected chi connectivity index (χ4v) is 3.11. The average Bonchev–Trinajstić information content (AvgIpc) is 2.69. The molecule has 1 atom stereocenters. The zero-order chi connectivity index (χ0) is 14.3. The second-order valence-electron chi connectivity index (χ2n) is 5.60. The number of fused-ring (bicyclic) bond motifs is 1. The number of hydrogen-bond acceptors (Lipinski definition) is 3. The first kappa shape index (κ1) is 13.7. The van der Waals surface area contributed by atoms with Gasteiger partial charge in [-0.15, -0.1) is 0 Å². The molecule has 1 saturated heterocycles. The molecule has 2 heterocycles. The van der Waals surface area contributed by atoms with Gasteiger partial charge in [0.05, 0.1) is 11.0 Å². The SMILES string of the molecule is CN1CCN(C)C(Cn2c(=S)[nH]c3cc(F)ccc32)C1. The highest BCUT2D eigenvalue weighted by molar-refractivity contribution is 7.71. The van der Waals surface area contributed by atoms with Gasteiger partial charge in [0, 0.05) is 32.2 Å². The molecule has 1 aromatic heterocycles. The van der Waals surface area contributed by atoms with E-state index in [4.69, 9.17) is 12.2 Å². The van der Waals surface area contributed by atoms with E-state index < -0.39 is 0 Å². The van der Waals surface area contributed by atoms with E-state index in [2.05, 4.69) is 33.4 Å². The third-order valence-corrected chi connectivity index (χ3v) is 4.43. The molecule has 1 N–H and O–H groups in total. The molecule has 3 rings (SSSR count). The van der Waals surface area contributed by atoms with E-state index in [1.54, 1.807) is 6.07 Å². The summed E-state index contributed by atoms with van der Waals surface area (Å²) in [5.41, 5.74) is 1.74. The van der Waals surface area contributed by atoms with Gasteiger partial charge in [-0.25, -0.2) is 4.39 Å². The van der Waals surface area contributed by atoms with Crippen LogP contribution in [0.5, 0.6) is 0 Å². The van der Waals surface area contributed by atoms with Crippen LogP contribution < -0.4 is 0 Å². The number of H-pyrrole nitrogens is 1. The van der Waals surface area contributed by atoms with E-state index in [0.29, 0.717) is 10.8 Å². The lowest BCUT2D eigenvalue weighted by molar-refractivity contribution is 0.103. The normalized spacial score (nSPS) is 21.6. The topological polar surface area (TPSA) is 27.2 Å². The summed E-state index contributed by atoms with van der Waals surface area (Å²) in [5.74, 6) is -0.240. The van der Waals surface area contributed by atoms with Crippen molar-refractivity contribution in [3.8, 4) is 0 Å². The number of imidazole rings is 1. The quantitative estimate of drug-likeness (QED) is 0.859. The van der Waals surface area contributed by atoms with Crippen LogP contribution in [0.3, 0.4) is 0 Å². The van der Waals surface area contributed by atoms with E-state index in [-0.39, 0.29) is 5.82 Å². The van der Waals surface area contributed by atoms with Gasteiger partial charge in [-0.3, -0.25) is 4.90 Å². The van der Waals surface area contributed by atoms with Crippen LogP contribution in [0.15, 0.2) is 18.2 Å². The van der Waals surface area contributed by atoms with Crippen LogP contribution in [-0.2, 0) is 6.54 Å². The van der Waals surface area contributed by atoms with Gasteiger partial charge in [0.15, 0.2) is 4.77 Å². The molecule has 1 aliphatic heterocycles. The minimum Gasteiger partial charge on any atom is -0.330 e. The summed E-state index contributed by atoms with van der Waals surface area (Å²) in [5, 5.41) is 0. The van der Waals surface area contributed by atoms with Crippen molar-refractivity contribution in [3.05, 3.63) is 28.8 Å². The van der Waals surface area contributed by atoms with Crippen LogP contribution in [0.25, 0.3) is 11.0 Å². The molecular weight excluding hydrogens is 275 g/mol. The van der Waals surface area contributed by atoms with Crippen molar-refractivity contribution < 1.29 is 4.39 Å². The maximum absolute atomic E-state index is 13.3. The van der Waals surface area contributed by atoms with E-state index >= 15 is 0 Å². The molecule has 1 aliphatic rings. The van der Waals surface area contributed by atoms with Crippen LogP contribution in [0.4, 0.5) is 4.39 Å². The highest BCUT2D eigenvalue weighted by Crippen LogP contribution is 2.18. The Morgan fingerprint density at radius 3 is 2.95 bits per heavy atom. The van der Waals surface area contributed by atoms with Crippen molar-refractivity contribution in [2.75, 3.05) is 33.7 Å². The lowest BCUT2D eigenvalue weighted by Gasteiger charge is -2.37. The summed E-state index contributed by atoms with van der Waals surface area (Å²) in [4.78, 5) is 7.79. The highest BCUT2D eigenvalue weighted by atomic mass is 32.1. The molecule has 0 radical (unpaired) electrons. The van der Waals surface area contributed by atoms with Crippen molar-refractivity contribution in [1.82, 2.24) is 19.4 Å². The summed E-state index contributed by atoms with van der Waals surface area (Å²) in [6.07, 6.45) is 0. The van der Waals surface area contributed by atoms with Gasteiger partial charge in [0.1, 0.15) is 5.82 Å². The predicted molar refractivity (Wildman–Crippen MR) is 81.0 cm³/mol. The fraction of sp³-hybridized carbons (Fsp3) is 0.500. The number of rotatable bonds is 2. The fourth-order valence-electron chi connectivity index (χ4n) is 2.83. The Labute approximate surface area is 122 Å². The molecule has 1 unspecified atom stereocenters. The second kappa shape index (κ2) is 5.27. The largest absolute Gasteiger partial charge is 0.330 e. The predicted octanol–water partition coefficient (Wildman–Crippen LogP) is 2.08. The molecule has 0 amide bonds. The number of hydrogen-bond donors (Lipinski definition) is 1. The van der Waals surface area contributed by atoms with Gasteiger partial charge >= 0.3 is 0 Å². The van der Waals surface area contributed by atoms with E-state index in [1.807, 2.05) is 0 Å². The Balaban J connectivity index is 1.94. The van der Waals surface area contributed by atoms with E-state index in [9.17, 15) is 4.39 Å². The van der Waals surface area contributed by atoms with Crippen LogP contribution in [0, 0.1) is 10.6 Å². The van der Waals surface area contributed by atoms with Gasteiger partial charge in [-0.05, 0) is 44.5 Å². The molecule has 108 valence electrons. The minimum absolute atomic E-state index is 0.240. The number of aromatic nitrogens is 2. The maximum atomic E-state index is 13.3. The Morgan fingerprint density at radius 1 is 1.35 bits per heavy atom. The standard InChI is InChI=1S/C14H19FN4S/c1-17-5-6-18(2)11(8-17)9-19-13-4-3-10(15)7-12(13)16-14(19)20/h3-4,7,11H,5-6,8-9H2,1-2H3,(H,16,20). The summed E-state index contributed by atoms with van der Waals surface area (Å²) in [6, 6.07) is 5.20. The van der Waals surface area contributed by atoms with Crippen LogP contribution in [0.1, 0.15) is 0 Å². The number of likely N-dealkylation sites (N-methyl/N-ethyl adjacent to an activating group) is 2. The Bertz CT molecular complexity index is 677. The van der Waals surface area contributed by atoms with Gasteiger partial charge in [0.25, 0.3) is 0 Å². The van der Waals surface area contributed by atoms with Crippen molar-refractivity contribution >= 4 is 23.3 Å². The molecule has 4 nitrogen and oxygen atoms in total. The lowest BCUT2D eigenvalue weighted by atomic mass is 10.2. The Morgan fingerprint density at radius 2 is 2.15 bits per heavy atom. The average molecular weight is 294 g/mol. The number of nitrogens with zero attached hydrogens (tertiary/aromatic N) is 3. The monoisotopic (exact) mass is 294 g/mol. The molecule has 0 aliphatic carbocycles. The molecule has 2 aromatic rings. The molecule has 20 heavy (non-hydrogen) atoms. The van der Waals surface area contributed by atoms with E-state index in [1.165, 1.54) is 12.1 Å². The van der Waals surface area contributed by atoms with Gasteiger partial charge in [0.2, 0.25) is 0 Å². The smallest absolute Gasteiger partial charge is 0.178 e. The molecule has 0 spiro atoms. The number of piperazine rings is 1. The van der Waals surface area contributed by atoms with Crippen LogP contribution >= 0.6 is 12.2 Å². The number of halogens is 1. The van der Waals surface area contributed by atoms with E-state index in [0.717, 1.165) is 37.2 Å². The van der Waals surface area contributed by atoms with Gasteiger partial charge in [-0.2, -0.15) is 0 Å².